The van der Waals surface area contributed by atoms with Gasteiger partial charge in [0.05, 0.1) is 13.2 Å². The number of hydrogen-bond acceptors (Lipinski definition) is 4. The highest BCUT2D eigenvalue weighted by Crippen LogP contribution is 2.32. The van der Waals surface area contributed by atoms with Gasteiger partial charge in [-0.2, -0.15) is 0 Å². The van der Waals surface area contributed by atoms with Crippen LogP contribution in [0.4, 0.5) is 0 Å². The van der Waals surface area contributed by atoms with E-state index < -0.39 is 0 Å². The van der Waals surface area contributed by atoms with Gasteiger partial charge in [0.25, 0.3) is 0 Å². The van der Waals surface area contributed by atoms with Gasteiger partial charge >= 0.3 is 0 Å². The van der Waals surface area contributed by atoms with Gasteiger partial charge in [0.2, 0.25) is 6.79 Å². The molecule has 1 aromatic carbocycles. The fourth-order valence-electron chi connectivity index (χ4n) is 1.64. The molecule has 94 valence electrons. The van der Waals surface area contributed by atoms with E-state index in [2.05, 4.69) is 11.0 Å². The highest BCUT2D eigenvalue weighted by molar-refractivity contribution is 5.44. The lowest BCUT2D eigenvalue weighted by Gasteiger charge is -2.09. The minimum atomic E-state index is 0.331. The number of nitrogens with zero attached hydrogens (tertiary/aromatic N) is 1. The topological polar surface area (TPSA) is 30.9 Å². The lowest BCUT2D eigenvalue weighted by molar-refractivity contribution is 0.120. The molecule has 0 radical (unpaired) electrons. The minimum absolute atomic E-state index is 0.331. The Bertz CT molecular complexity index is 366. The predicted octanol–water partition coefficient (Wildman–Crippen LogP) is 1.54. The fraction of sp³-hybridized carbons (Fsp3) is 0.538. The van der Waals surface area contributed by atoms with Gasteiger partial charge < -0.3 is 19.1 Å². The van der Waals surface area contributed by atoms with Gasteiger partial charge in [0.1, 0.15) is 0 Å². The molecule has 0 saturated heterocycles. The van der Waals surface area contributed by atoms with Crippen LogP contribution in [0.15, 0.2) is 18.2 Å². The highest BCUT2D eigenvalue weighted by Gasteiger charge is 2.12. The van der Waals surface area contributed by atoms with Crippen molar-refractivity contribution in [3.8, 4) is 11.5 Å². The Morgan fingerprint density at radius 3 is 2.82 bits per heavy atom. The Morgan fingerprint density at radius 2 is 2.00 bits per heavy atom. The molecule has 0 saturated carbocycles. The Labute approximate surface area is 102 Å². The summed E-state index contributed by atoms with van der Waals surface area (Å²) in [5.74, 6) is 1.68. The van der Waals surface area contributed by atoms with Crippen molar-refractivity contribution < 1.29 is 14.2 Å². The molecule has 0 N–H and O–H groups in total. The van der Waals surface area contributed by atoms with Crippen molar-refractivity contribution in [3.63, 3.8) is 0 Å². The molecule has 0 fully saturated rings. The largest absolute Gasteiger partial charge is 0.454 e. The summed E-state index contributed by atoms with van der Waals surface area (Å²) in [4.78, 5) is 2.11. The van der Waals surface area contributed by atoms with Crippen molar-refractivity contribution in [1.29, 1.82) is 0 Å². The summed E-state index contributed by atoms with van der Waals surface area (Å²) in [6, 6.07) is 6.04. The second-order valence-corrected chi connectivity index (χ2v) is 4.35. The van der Waals surface area contributed by atoms with Gasteiger partial charge in [0, 0.05) is 6.54 Å². The van der Waals surface area contributed by atoms with Crippen LogP contribution in [0.5, 0.6) is 11.5 Å². The van der Waals surface area contributed by atoms with Crippen LogP contribution in [0.2, 0.25) is 0 Å². The first-order valence-electron chi connectivity index (χ1n) is 5.87. The van der Waals surface area contributed by atoms with Crippen LogP contribution in [0.1, 0.15) is 5.56 Å². The Kier molecular flexibility index (Phi) is 4.23. The number of likely N-dealkylation sites (N-methyl/N-ethyl adjacent to an activating group) is 1. The molecule has 0 aromatic heterocycles. The zero-order chi connectivity index (χ0) is 12.1. The summed E-state index contributed by atoms with van der Waals surface area (Å²) in [6.07, 6.45) is 0.907. The molecular weight excluding hydrogens is 218 g/mol. The summed E-state index contributed by atoms with van der Waals surface area (Å²) in [5.41, 5.74) is 1.22. The van der Waals surface area contributed by atoms with Crippen LogP contribution in [0.25, 0.3) is 0 Å². The second-order valence-electron chi connectivity index (χ2n) is 4.35. The van der Waals surface area contributed by atoms with Crippen molar-refractivity contribution in [1.82, 2.24) is 4.90 Å². The fourth-order valence-corrected chi connectivity index (χ4v) is 1.64. The van der Waals surface area contributed by atoms with Crippen LogP contribution < -0.4 is 9.47 Å². The lowest BCUT2D eigenvalue weighted by atomic mass is 10.1. The normalized spacial score (nSPS) is 13.4. The smallest absolute Gasteiger partial charge is 0.231 e. The Morgan fingerprint density at radius 1 is 1.18 bits per heavy atom. The number of ether oxygens (including phenoxy) is 3. The molecule has 17 heavy (non-hydrogen) atoms. The summed E-state index contributed by atoms with van der Waals surface area (Å²) < 4.78 is 16.1. The molecule has 0 amide bonds. The third kappa shape index (κ3) is 3.61. The number of benzene rings is 1. The predicted molar refractivity (Wildman–Crippen MR) is 65.6 cm³/mol. The average molecular weight is 237 g/mol. The minimum Gasteiger partial charge on any atom is -0.454 e. The van der Waals surface area contributed by atoms with Gasteiger partial charge in [-0.15, -0.1) is 0 Å². The summed E-state index contributed by atoms with van der Waals surface area (Å²) >= 11 is 0. The zero-order valence-electron chi connectivity index (χ0n) is 10.4. The zero-order valence-corrected chi connectivity index (χ0v) is 10.4. The second kappa shape index (κ2) is 5.89. The molecule has 0 spiro atoms. The molecule has 0 atom stereocenters. The van der Waals surface area contributed by atoms with E-state index in [4.69, 9.17) is 14.2 Å². The van der Waals surface area contributed by atoms with Crippen molar-refractivity contribution in [2.24, 2.45) is 0 Å². The van der Waals surface area contributed by atoms with E-state index in [1.54, 1.807) is 0 Å². The molecule has 0 bridgehead atoms. The van der Waals surface area contributed by atoms with E-state index in [1.807, 2.05) is 26.2 Å². The maximum Gasteiger partial charge on any atom is 0.231 e. The van der Waals surface area contributed by atoms with Gasteiger partial charge in [-0.1, -0.05) is 6.07 Å². The van der Waals surface area contributed by atoms with Crippen LogP contribution in [0.3, 0.4) is 0 Å². The van der Waals surface area contributed by atoms with Crippen molar-refractivity contribution in [3.05, 3.63) is 23.8 Å². The van der Waals surface area contributed by atoms with E-state index in [0.29, 0.717) is 6.79 Å². The van der Waals surface area contributed by atoms with E-state index in [9.17, 15) is 0 Å². The van der Waals surface area contributed by atoms with Gasteiger partial charge in [-0.05, 0) is 38.2 Å². The molecular formula is C13H19NO3. The quantitative estimate of drug-likeness (QED) is 0.702. The molecule has 2 rings (SSSR count). The maximum atomic E-state index is 5.55. The standard InChI is InChI=1S/C13H19NO3/c1-14(2)6-8-15-7-5-11-3-4-12-13(9-11)17-10-16-12/h3-4,9H,5-8,10H2,1-2H3. The highest BCUT2D eigenvalue weighted by atomic mass is 16.7. The first kappa shape index (κ1) is 12.2. The third-order valence-electron chi connectivity index (χ3n) is 2.65. The molecule has 1 heterocycles. The van der Waals surface area contributed by atoms with Crippen LogP contribution in [-0.2, 0) is 11.2 Å². The molecule has 0 unspecified atom stereocenters. The lowest BCUT2D eigenvalue weighted by Crippen LogP contribution is -2.18. The van der Waals surface area contributed by atoms with Crippen molar-refractivity contribution in [2.45, 2.75) is 6.42 Å². The van der Waals surface area contributed by atoms with Gasteiger partial charge in [-0.3, -0.25) is 0 Å². The number of fused-ring (bicyclic) bond motifs is 1. The van der Waals surface area contributed by atoms with E-state index in [0.717, 1.165) is 37.7 Å². The summed E-state index contributed by atoms with van der Waals surface area (Å²) in [7, 11) is 4.09. The first-order valence-corrected chi connectivity index (χ1v) is 5.87. The van der Waals surface area contributed by atoms with Crippen LogP contribution >= 0.6 is 0 Å². The monoisotopic (exact) mass is 237 g/mol. The average Bonchev–Trinajstić information content (AvgIpc) is 2.75. The molecule has 4 heteroatoms. The number of rotatable bonds is 6. The Balaban J connectivity index is 1.72. The summed E-state index contributed by atoms with van der Waals surface area (Å²) in [6.45, 7) is 2.81. The maximum absolute atomic E-state index is 5.55. The number of hydrogen-bond donors (Lipinski definition) is 0. The molecule has 1 aliphatic rings. The van der Waals surface area contributed by atoms with Crippen LogP contribution in [-0.4, -0.2) is 45.5 Å². The Hall–Kier alpha value is -1.26. The van der Waals surface area contributed by atoms with Crippen molar-refractivity contribution >= 4 is 0 Å². The van der Waals surface area contributed by atoms with Gasteiger partial charge in [-0.25, -0.2) is 0 Å². The third-order valence-corrected chi connectivity index (χ3v) is 2.65. The molecule has 4 nitrogen and oxygen atoms in total. The SMILES string of the molecule is CN(C)CCOCCc1ccc2c(c1)OCO2. The molecule has 0 aliphatic carbocycles. The molecule has 1 aromatic rings. The van der Waals surface area contributed by atoms with Gasteiger partial charge in [0.15, 0.2) is 11.5 Å². The van der Waals surface area contributed by atoms with Crippen LogP contribution in [0, 0.1) is 0 Å². The molecule has 1 aliphatic heterocycles. The summed E-state index contributed by atoms with van der Waals surface area (Å²) in [5, 5.41) is 0. The first-order chi connectivity index (χ1) is 8.25. The van der Waals surface area contributed by atoms with E-state index >= 15 is 0 Å². The van der Waals surface area contributed by atoms with E-state index in [1.165, 1.54) is 5.56 Å². The van der Waals surface area contributed by atoms with Crippen molar-refractivity contribution in [2.75, 3.05) is 40.6 Å². The van der Waals surface area contributed by atoms with E-state index in [-0.39, 0.29) is 0 Å².